The fourth-order valence-corrected chi connectivity index (χ4v) is 6.93. The van der Waals surface area contributed by atoms with Gasteiger partial charge in [0.1, 0.15) is 11.9 Å². The van der Waals surface area contributed by atoms with Crippen molar-refractivity contribution < 1.29 is 14.7 Å². The van der Waals surface area contributed by atoms with Crippen molar-refractivity contribution in [3.8, 4) is 0 Å². The Hall–Kier alpha value is -3.49. The highest BCUT2D eigenvalue weighted by atomic mass is 32.2. The molecule has 1 atom stereocenters. The molecule has 6 nitrogen and oxygen atoms in total. The zero-order valence-electron chi connectivity index (χ0n) is 22.0. The van der Waals surface area contributed by atoms with Crippen molar-refractivity contribution in [2.24, 2.45) is 0 Å². The summed E-state index contributed by atoms with van der Waals surface area (Å²) >= 11 is 3.00. The molecule has 1 aromatic heterocycles. The zero-order valence-corrected chi connectivity index (χ0v) is 23.7. The summed E-state index contributed by atoms with van der Waals surface area (Å²) in [7, 11) is 0. The Labute approximate surface area is 238 Å². The molecule has 0 unspecified atom stereocenters. The summed E-state index contributed by atoms with van der Waals surface area (Å²) < 4.78 is -1.48. The van der Waals surface area contributed by atoms with Crippen LogP contribution in [0.15, 0.2) is 103 Å². The maximum absolute atomic E-state index is 13.3. The number of aryl methyl sites for hydroxylation is 1. The number of carboxylic acid groups (broad SMARTS) is 1. The maximum Gasteiger partial charge on any atom is 0.327 e. The van der Waals surface area contributed by atoms with Crippen LogP contribution >= 0.6 is 23.5 Å². The van der Waals surface area contributed by atoms with Crippen LogP contribution in [0.2, 0.25) is 0 Å². The standard InChI is InChI=1S/C31H33N3O3S2/c1-30(2,38-21-18-27-32-19-20-33-27)29(37)34-26(28(35)36)22-39-31(23-12-6-3-7-13-23,24-14-8-4-9-15-24)25-16-10-5-11-17-25/h3-17,19-20,26H,18,21-22H2,1-2H3,(H,32,33)(H,34,37)(H,35,36)/t26-/m0/s1. The number of imidazole rings is 1. The summed E-state index contributed by atoms with van der Waals surface area (Å²) in [5.41, 5.74) is 3.12. The summed E-state index contributed by atoms with van der Waals surface area (Å²) in [6.45, 7) is 3.65. The van der Waals surface area contributed by atoms with Gasteiger partial charge >= 0.3 is 5.97 Å². The topological polar surface area (TPSA) is 95.1 Å². The lowest BCUT2D eigenvalue weighted by molar-refractivity contribution is -0.141. The van der Waals surface area contributed by atoms with Gasteiger partial charge in [-0.2, -0.15) is 0 Å². The second-order valence-corrected chi connectivity index (χ2v) is 12.6. The first-order chi connectivity index (χ1) is 18.8. The van der Waals surface area contributed by atoms with Gasteiger partial charge < -0.3 is 15.4 Å². The number of carbonyl (C=O) groups excluding carboxylic acids is 1. The van der Waals surface area contributed by atoms with Gasteiger partial charge in [0.15, 0.2) is 0 Å². The summed E-state index contributed by atoms with van der Waals surface area (Å²) in [6.07, 6.45) is 4.17. The number of rotatable bonds is 13. The van der Waals surface area contributed by atoms with Crippen molar-refractivity contribution in [1.29, 1.82) is 0 Å². The highest BCUT2D eigenvalue weighted by Crippen LogP contribution is 2.48. The van der Waals surface area contributed by atoms with Gasteiger partial charge in [-0.05, 0) is 30.5 Å². The van der Waals surface area contributed by atoms with Crippen LogP contribution in [0.4, 0.5) is 0 Å². The van der Waals surface area contributed by atoms with E-state index in [9.17, 15) is 14.7 Å². The van der Waals surface area contributed by atoms with E-state index in [2.05, 4.69) is 51.7 Å². The van der Waals surface area contributed by atoms with Crippen molar-refractivity contribution in [2.75, 3.05) is 11.5 Å². The number of aromatic amines is 1. The van der Waals surface area contributed by atoms with E-state index in [-0.39, 0.29) is 11.7 Å². The van der Waals surface area contributed by atoms with Crippen LogP contribution in [-0.4, -0.2) is 49.2 Å². The third-order valence-corrected chi connectivity index (χ3v) is 9.47. The molecule has 0 bridgehead atoms. The van der Waals surface area contributed by atoms with Gasteiger partial charge in [0, 0.05) is 30.3 Å². The maximum atomic E-state index is 13.3. The van der Waals surface area contributed by atoms with Crippen molar-refractivity contribution in [1.82, 2.24) is 15.3 Å². The van der Waals surface area contributed by atoms with E-state index in [1.807, 2.05) is 68.4 Å². The number of H-pyrrole nitrogens is 1. The molecule has 4 aromatic rings. The SMILES string of the molecule is CC(C)(SCCc1ncc[nH]1)C(=O)N[C@@H](CSC(c1ccccc1)(c1ccccc1)c1ccccc1)C(=O)O. The van der Waals surface area contributed by atoms with E-state index < -0.39 is 21.5 Å². The Morgan fingerprint density at radius 3 is 1.82 bits per heavy atom. The Balaban J connectivity index is 1.58. The number of hydrogen-bond acceptors (Lipinski definition) is 5. The number of hydrogen-bond donors (Lipinski definition) is 3. The molecule has 0 aliphatic heterocycles. The normalized spacial score (nSPS) is 12.6. The Morgan fingerprint density at radius 1 is 0.872 bits per heavy atom. The molecule has 0 aliphatic carbocycles. The molecule has 0 saturated heterocycles. The molecule has 0 fully saturated rings. The minimum absolute atomic E-state index is 0.174. The van der Waals surface area contributed by atoms with Crippen molar-refractivity contribution in [3.63, 3.8) is 0 Å². The third-order valence-electron chi connectivity index (χ3n) is 6.51. The van der Waals surface area contributed by atoms with E-state index >= 15 is 0 Å². The number of carbonyl (C=O) groups is 2. The van der Waals surface area contributed by atoms with Gasteiger partial charge in [0.2, 0.25) is 5.91 Å². The average molecular weight is 560 g/mol. The van der Waals surface area contributed by atoms with Crippen molar-refractivity contribution >= 4 is 35.4 Å². The van der Waals surface area contributed by atoms with Crippen LogP contribution in [0.5, 0.6) is 0 Å². The quantitative estimate of drug-likeness (QED) is 0.180. The molecule has 0 radical (unpaired) electrons. The molecule has 1 amide bonds. The van der Waals surface area contributed by atoms with E-state index in [4.69, 9.17) is 0 Å². The second kappa shape index (κ2) is 13.0. The van der Waals surface area contributed by atoms with Gasteiger partial charge in [-0.1, -0.05) is 91.0 Å². The first kappa shape index (κ1) is 28.5. The minimum Gasteiger partial charge on any atom is -0.480 e. The van der Waals surface area contributed by atoms with Crippen LogP contribution in [-0.2, 0) is 20.8 Å². The number of nitrogens with zero attached hydrogens (tertiary/aromatic N) is 1. The summed E-state index contributed by atoms with van der Waals surface area (Å²) in [6, 6.07) is 29.2. The lowest BCUT2D eigenvalue weighted by Gasteiger charge is -2.36. The fraction of sp³-hybridized carbons (Fsp3) is 0.258. The van der Waals surface area contributed by atoms with Crippen LogP contribution in [0.25, 0.3) is 0 Å². The lowest BCUT2D eigenvalue weighted by Crippen LogP contribution is -2.50. The molecule has 3 aromatic carbocycles. The van der Waals surface area contributed by atoms with E-state index in [1.165, 1.54) is 23.5 Å². The first-order valence-electron chi connectivity index (χ1n) is 12.8. The smallest absolute Gasteiger partial charge is 0.327 e. The Morgan fingerprint density at radius 2 is 1.38 bits per heavy atom. The monoisotopic (exact) mass is 559 g/mol. The molecule has 1 heterocycles. The zero-order chi connectivity index (χ0) is 27.7. The van der Waals surface area contributed by atoms with Gasteiger partial charge in [0.25, 0.3) is 0 Å². The van der Waals surface area contributed by atoms with Crippen LogP contribution < -0.4 is 5.32 Å². The van der Waals surface area contributed by atoms with E-state index in [0.29, 0.717) is 12.2 Å². The second-order valence-electron chi connectivity index (χ2n) is 9.60. The molecular weight excluding hydrogens is 526 g/mol. The summed E-state index contributed by atoms with van der Waals surface area (Å²) in [5.74, 6) is 0.351. The van der Waals surface area contributed by atoms with Gasteiger partial charge in [-0.15, -0.1) is 23.5 Å². The predicted molar refractivity (Wildman–Crippen MR) is 160 cm³/mol. The van der Waals surface area contributed by atoms with Crippen molar-refractivity contribution in [2.45, 2.75) is 35.8 Å². The van der Waals surface area contributed by atoms with Crippen molar-refractivity contribution in [3.05, 3.63) is 126 Å². The molecule has 8 heteroatoms. The highest BCUT2D eigenvalue weighted by molar-refractivity contribution is 8.01. The molecular formula is C31H33N3O3S2. The Kier molecular flexibility index (Phi) is 9.54. The molecule has 4 rings (SSSR count). The number of thioether (sulfide) groups is 2. The number of aromatic nitrogens is 2. The number of amides is 1. The van der Waals surface area contributed by atoms with Crippen LogP contribution in [0.1, 0.15) is 36.4 Å². The van der Waals surface area contributed by atoms with Crippen LogP contribution in [0.3, 0.4) is 0 Å². The minimum atomic E-state index is -1.07. The number of carboxylic acids is 1. The highest BCUT2D eigenvalue weighted by Gasteiger charge is 2.39. The predicted octanol–water partition coefficient (Wildman–Crippen LogP) is 5.76. The van der Waals surface area contributed by atoms with E-state index in [0.717, 1.165) is 22.5 Å². The molecule has 3 N–H and O–H groups in total. The molecule has 0 aliphatic rings. The molecule has 0 spiro atoms. The number of benzene rings is 3. The number of nitrogens with one attached hydrogen (secondary N) is 2. The third kappa shape index (κ3) is 6.94. The number of aliphatic carboxylic acids is 1. The fourth-order valence-electron chi connectivity index (χ4n) is 4.39. The Bertz CT molecular complexity index is 1230. The lowest BCUT2D eigenvalue weighted by atomic mass is 9.84. The van der Waals surface area contributed by atoms with Crippen LogP contribution in [0, 0.1) is 0 Å². The van der Waals surface area contributed by atoms with Gasteiger partial charge in [-0.25, -0.2) is 9.78 Å². The first-order valence-corrected chi connectivity index (χ1v) is 14.8. The van der Waals surface area contributed by atoms with Gasteiger partial charge in [0.05, 0.1) is 9.49 Å². The largest absolute Gasteiger partial charge is 0.480 e. The molecule has 202 valence electrons. The average Bonchev–Trinajstić information content (AvgIpc) is 3.48. The van der Waals surface area contributed by atoms with E-state index in [1.54, 1.807) is 12.4 Å². The molecule has 39 heavy (non-hydrogen) atoms. The summed E-state index contributed by atoms with van der Waals surface area (Å²) in [5, 5.41) is 13.0. The van der Waals surface area contributed by atoms with Gasteiger partial charge in [-0.3, -0.25) is 4.79 Å². The summed E-state index contributed by atoms with van der Waals surface area (Å²) in [4.78, 5) is 33.0. The molecule has 0 saturated carbocycles.